The summed E-state index contributed by atoms with van der Waals surface area (Å²) in [6.07, 6.45) is 0. The topological polar surface area (TPSA) is 27.7 Å². The molecule has 0 spiro atoms. The first-order valence-electron chi connectivity index (χ1n) is 6.92. The molecule has 0 aromatic heterocycles. The molecule has 112 valence electrons. The van der Waals surface area contributed by atoms with E-state index < -0.39 is 8.60 Å². The number of rotatable bonds is 6. The molecule has 0 unspecified atom stereocenters. The second kappa shape index (κ2) is 7.44. The first-order chi connectivity index (χ1) is 10.0. The zero-order chi connectivity index (χ0) is 15.1. The van der Waals surface area contributed by atoms with Crippen molar-refractivity contribution in [2.45, 2.75) is 20.8 Å². The smallest absolute Gasteiger partial charge is 0.418 e. The lowest BCUT2D eigenvalue weighted by molar-refractivity contribution is 0.178. The van der Waals surface area contributed by atoms with Gasteiger partial charge in [0.05, 0.1) is 6.61 Å². The maximum Gasteiger partial charge on any atom is 0.463 e. The lowest BCUT2D eigenvalue weighted by Gasteiger charge is -2.22. The Morgan fingerprint density at radius 2 is 1.19 bits per heavy atom. The minimum Gasteiger partial charge on any atom is -0.418 e. The van der Waals surface area contributed by atoms with Crippen molar-refractivity contribution < 1.29 is 13.6 Å². The summed E-state index contributed by atoms with van der Waals surface area (Å²) in [4.78, 5) is 0. The highest BCUT2D eigenvalue weighted by Crippen LogP contribution is 2.42. The lowest BCUT2D eigenvalue weighted by atomic mass is 9.99. The molecule has 0 aliphatic rings. The van der Waals surface area contributed by atoms with Gasteiger partial charge in [-0.3, -0.25) is 4.52 Å². The number of para-hydroxylation sites is 2. The van der Waals surface area contributed by atoms with Crippen LogP contribution in [0.3, 0.4) is 0 Å². The molecule has 0 saturated carbocycles. The highest BCUT2D eigenvalue weighted by atomic mass is 31.2. The summed E-state index contributed by atoms with van der Waals surface area (Å²) in [7, 11) is -1.48. The van der Waals surface area contributed by atoms with Crippen molar-refractivity contribution >= 4 is 8.60 Å². The molecule has 0 saturated heterocycles. The van der Waals surface area contributed by atoms with Crippen molar-refractivity contribution in [1.82, 2.24) is 0 Å². The second-order valence-electron chi connectivity index (χ2n) is 5.87. The fourth-order valence-corrected chi connectivity index (χ4v) is 2.68. The summed E-state index contributed by atoms with van der Waals surface area (Å²) in [6.45, 7) is 6.92. The average molecular weight is 304 g/mol. The maximum absolute atomic E-state index is 5.83. The summed E-state index contributed by atoms with van der Waals surface area (Å²) in [5.41, 5.74) is 0.0562. The summed E-state index contributed by atoms with van der Waals surface area (Å²) in [5.74, 6) is 1.49. The van der Waals surface area contributed by atoms with Gasteiger partial charge in [-0.25, -0.2) is 0 Å². The van der Waals surface area contributed by atoms with Crippen LogP contribution in [0.15, 0.2) is 60.7 Å². The third-order valence-corrected chi connectivity index (χ3v) is 3.51. The molecular formula is C17H21O3P. The van der Waals surface area contributed by atoms with E-state index in [2.05, 4.69) is 20.8 Å². The van der Waals surface area contributed by atoms with Gasteiger partial charge in [0.15, 0.2) is 0 Å². The van der Waals surface area contributed by atoms with Crippen LogP contribution in [0.1, 0.15) is 20.8 Å². The largest absolute Gasteiger partial charge is 0.463 e. The first kappa shape index (κ1) is 15.8. The molecule has 4 heteroatoms. The molecular weight excluding hydrogens is 283 g/mol. The van der Waals surface area contributed by atoms with Crippen LogP contribution in [0.2, 0.25) is 0 Å². The minimum absolute atomic E-state index is 0.0562. The van der Waals surface area contributed by atoms with E-state index in [1.54, 1.807) is 0 Å². The van der Waals surface area contributed by atoms with Gasteiger partial charge in [0.1, 0.15) is 11.5 Å². The summed E-state index contributed by atoms with van der Waals surface area (Å²) in [5, 5.41) is 0. The Labute approximate surface area is 127 Å². The SMILES string of the molecule is CC(C)(C)COP(Oc1ccccc1)Oc1ccccc1. The average Bonchev–Trinajstić information content (AvgIpc) is 2.46. The van der Waals surface area contributed by atoms with E-state index in [1.807, 2.05) is 60.7 Å². The van der Waals surface area contributed by atoms with E-state index in [9.17, 15) is 0 Å². The van der Waals surface area contributed by atoms with Crippen molar-refractivity contribution in [2.24, 2.45) is 5.41 Å². The highest BCUT2D eigenvalue weighted by molar-refractivity contribution is 7.42. The minimum atomic E-state index is -1.48. The maximum atomic E-state index is 5.83. The zero-order valence-electron chi connectivity index (χ0n) is 12.7. The Kier molecular flexibility index (Phi) is 5.60. The first-order valence-corrected chi connectivity index (χ1v) is 8.02. The van der Waals surface area contributed by atoms with Gasteiger partial charge in [-0.1, -0.05) is 57.2 Å². The van der Waals surface area contributed by atoms with Gasteiger partial charge < -0.3 is 9.05 Å². The van der Waals surface area contributed by atoms with Gasteiger partial charge >= 0.3 is 8.60 Å². The van der Waals surface area contributed by atoms with Crippen molar-refractivity contribution in [3.8, 4) is 11.5 Å². The van der Waals surface area contributed by atoms with E-state index in [1.165, 1.54) is 0 Å². The van der Waals surface area contributed by atoms with Crippen molar-refractivity contribution in [1.29, 1.82) is 0 Å². The van der Waals surface area contributed by atoms with Crippen LogP contribution in [0.4, 0.5) is 0 Å². The Hall–Kier alpha value is -1.57. The molecule has 0 bridgehead atoms. The van der Waals surface area contributed by atoms with Gasteiger partial charge in [-0.2, -0.15) is 0 Å². The molecule has 0 radical (unpaired) electrons. The molecule has 0 amide bonds. The zero-order valence-corrected chi connectivity index (χ0v) is 13.5. The summed E-state index contributed by atoms with van der Waals surface area (Å²) >= 11 is 0. The molecule has 2 rings (SSSR count). The van der Waals surface area contributed by atoms with Crippen LogP contribution in [-0.4, -0.2) is 6.61 Å². The fraction of sp³-hybridized carbons (Fsp3) is 0.294. The van der Waals surface area contributed by atoms with Crippen LogP contribution in [-0.2, 0) is 4.52 Å². The Bertz CT molecular complexity index is 481. The van der Waals surface area contributed by atoms with Crippen LogP contribution < -0.4 is 9.05 Å². The van der Waals surface area contributed by atoms with E-state index >= 15 is 0 Å². The van der Waals surface area contributed by atoms with E-state index in [0.717, 1.165) is 11.5 Å². The molecule has 21 heavy (non-hydrogen) atoms. The molecule has 2 aromatic rings. The van der Waals surface area contributed by atoms with E-state index in [4.69, 9.17) is 13.6 Å². The van der Waals surface area contributed by atoms with E-state index in [0.29, 0.717) is 6.61 Å². The Balaban J connectivity index is 2.03. The molecule has 0 aliphatic heterocycles. The van der Waals surface area contributed by atoms with E-state index in [-0.39, 0.29) is 5.41 Å². The molecule has 0 aliphatic carbocycles. The second-order valence-corrected chi connectivity index (χ2v) is 6.94. The number of hydrogen-bond donors (Lipinski definition) is 0. The lowest BCUT2D eigenvalue weighted by Crippen LogP contribution is -2.14. The van der Waals surface area contributed by atoms with Crippen LogP contribution in [0, 0.1) is 5.41 Å². The van der Waals surface area contributed by atoms with Gasteiger partial charge in [0.25, 0.3) is 0 Å². The predicted octanol–water partition coefficient (Wildman–Crippen LogP) is 5.43. The van der Waals surface area contributed by atoms with Crippen LogP contribution in [0.25, 0.3) is 0 Å². The van der Waals surface area contributed by atoms with Crippen molar-refractivity contribution in [3.63, 3.8) is 0 Å². The third-order valence-electron chi connectivity index (χ3n) is 2.45. The fourth-order valence-electron chi connectivity index (χ4n) is 1.45. The van der Waals surface area contributed by atoms with Crippen molar-refractivity contribution in [3.05, 3.63) is 60.7 Å². The Morgan fingerprint density at radius 3 is 1.57 bits per heavy atom. The predicted molar refractivity (Wildman–Crippen MR) is 86.5 cm³/mol. The quantitative estimate of drug-likeness (QED) is 0.666. The standard InChI is InChI=1S/C17H21O3P/c1-17(2,3)14-18-21(19-15-10-6-4-7-11-15)20-16-12-8-5-9-13-16/h4-13H,14H2,1-3H3. The summed E-state index contributed by atoms with van der Waals surface area (Å²) < 4.78 is 17.5. The normalized spacial score (nSPS) is 11.4. The molecule has 2 aromatic carbocycles. The molecule has 0 N–H and O–H groups in total. The van der Waals surface area contributed by atoms with Crippen LogP contribution in [0.5, 0.6) is 11.5 Å². The highest BCUT2D eigenvalue weighted by Gasteiger charge is 2.21. The van der Waals surface area contributed by atoms with Crippen molar-refractivity contribution in [2.75, 3.05) is 6.61 Å². The molecule has 3 nitrogen and oxygen atoms in total. The number of hydrogen-bond acceptors (Lipinski definition) is 3. The van der Waals surface area contributed by atoms with Crippen LogP contribution >= 0.6 is 8.60 Å². The molecule has 0 fully saturated rings. The third kappa shape index (κ3) is 6.16. The van der Waals surface area contributed by atoms with Gasteiger partial charge in [0, 0.05) is 0 Å². The molecule has 0 heterocycles. The van der Waals surface area contributed by atoms with Gasteiger partial charge in [-0.15, -0.1) is 0 Å². The van der Waals surface area contributed by atoms with Gasteiger partial charge in [-0.05, 0) is 29.7 Å². The molecule has 0 atom stereocenters. The van der Waals surface area contributed by atoms with Gasteiger partial charge in [0.2, 0.25) is 0 Å². The Morgan fingerprint density at radius 1 is 0.762 bits per heavy atom. The monoisotopic (exact) mass is 304 g/mol. The number of benzene rings is 2. The summed E-state index contributed by atoms with van der Waals surface area (Å²) in [6, 6.07) is 19.2.